The minimum Gasteiger partial charge on any atom is -0.316 e. The molecule has 2 rings (SSSR count). The first-order valence-corrected chi connectivity index (χ1v) is 7.09. The highest BCUT2D eigenvalue weighted by Gasteiger charge is 2.16. The van der Waals surface area contributed by atoms with Gasteiger partial charge in [0.25, 0.3) is 0 Å². The lowest BCUT2D eigenvalue weighted by Crippen LogP contribution is -2.29. The fourth-order valence-corrected chi connectivity index (χ4v) is 2.36. The van der Waals surface area contributed by atoms with Gasteiger partial charge in [-0.2, -0.15) is 0 Å². The molecule has 2 amide bonds. The fraction of sp³-hybridized carbons (Fsp3) is 0.0833. The maximum absolute atomic E-state index is 11.7. The van der Waals surface area contributed by atoms with Gasteiger partial charge in [0.15, 0.2) is 5.13 Å². The molecule has 0 aliphatic rings. The number of anilines is 2. The van der Waals surface area contributed by atoms with E-state index in [9.17, 15) is 9.59 Å². The maximum atomic E-state index is 11.7. The lowest BCUT2D eigenvalue weighted by atomic mass is 10.3. The summed E-state index contributed by atoms with van der Waals surface area (Å²) >= 11 is 12.9. The van der Waals surface area contributed by atoms with Crippen LogP contribution in [0, 0.1) is 6.92 Å². The summed E-state index contributed by atoms with van der Waals surface area (Å²) in [6, 6.07) is 4.57. The van der Waals surface area contributed by atoms with Gasteiger partial charge in [-0.15, -0.1) is 11.3 Å². The Morgan fingerprint density at radius 1 is 1.20 bits per heavy atom. The van der Waals surface area contributed by atoms with Crippen molar-refractivity contribution in [3.05, 3.63) is 39.3 Å². The van der Waals surface area contributed by atoms with Crippen molar-refractivity contribution in [2.24, 2.45) is 0 Å². The summed E-state index contributed by atoms with van der Waals surface area (Å²) < 4.78 is 0. The summed E-state index contributed by atoms with van der Waals surface area (Å²) in [6.07, 6.45) is 0. The third kappa shape index (κ3) is 3.69. The number of nitrogens with one attached hydrogen (secondary N) is 2. The van der Waals surface area contributed by atoms with Crippen LogP contribution >= 0.6 is 34.5 Å². The van der Waals surface area contributed by atoms with Crippen molar-refractivity contribution in [1.29, 1.82) is 0 Å². The fourth-order valence-electron chi connectivity index (χ4n) is 1.34. The molecule has 8 heteroatoms. The number of amides is 2. The van der Waals surface area contributed by atoms with E-state index < -0.39 is 11.8 Å². The van der Waals surface area contributed by atoms with Gasteiger partial charge in [0, 0.05) is 10.4 Å². The third-order valence-electron chi connectivity index (χ3n) is 2.22. The zero-order valence-electron chi connectivity index (χ0n) is 10.2. The zero-order chi connectivity index (χ0) is 14.7. The number of thiazole rings is 1. The Bertz CT molecular complexity index is 672. The van der Waals surface area contributed by atoms with Gasteiger partial charge in [-0.25, -0.2) is 4.98 Å². The van der Waals surface area contributed by atoms with Crippen LogP contribution in [0.4, 0.5) is 10.8 Å². The molecule has 1 heterocycles. The number of aromatic nitrogens is 1. The molecule has 1 aromatic heterocycles. The van der Waals surface area contributed by atoms with Gasteiger partial charge >= 0.3 is 11.8 Å². The summed E-state index contributed by atoms with van der Waals surface area (Å²) in [6.45, 7) is 1.79. The van der Waals surface area contributed by atoms with Crippen molar-refractivity contribution in [3.63, 3.8) is 0 Å². The highest BCUT2D eigenvalue weighted by Crippen LogP contribution is 2.25. The van der Waals surface area contributed by atoms with Crippen molar-refractivity contribution >= 4 is 57.2 Å². The van der Waals surface area contributed by atoms with E-state index in [0.29, 0.717) is 15.2 Å². The molecule has 0 fully saturated rings. The van der Waals surface area contributed by atoms with Crippen LogP contribution in [0.2, 0.25) is 10.0 Å². The largest absolute Gasteiger partial charge is 0.316 e. The van der Waals surface area contributed by atoms with Gasteiger partial charge in [-0.1, -0.05) is 23.2 Å². The summed E-state index contributed by atoms with van der Waals surface area (Å²) in [4.78, 5) is 27.5. The molecule has 5 nitrogen and oxygen atoms in total. The van der Waals surface area contributed by atoms with Gasteiger partial charge in [0.2, 0.25) is 0 Å². The van der Waals surface area contributed by atoms with Crippen molar-refractivity contribution in [2.45, 2.75) is 6.92 Å². The zero-order valence-corrected chi connectivity index (χ0v) is 12.6. The summed E-state index contributed by atoms with van der Waals surface area (Å²) in [7, 11) is 0. The number of hydrogen-bond donors (Lipinski definition) is 2. The van der Waals surface area contributed by atoms with Gasteiger partial charge in [0.1, 0.15) is 0 Å². The van der Waals surface area contributed by atoms with Crippen molar-refractivity contribution in [3.8, 4) is 0 Å². The number of aryl methyl sites for hydroxylation is 1. The van der Waals surface area contributed by atoms with E-state index in [4.69, 9.17) is 23.2 Å². The SMILES string of the molecule is Cc1csc(NC(=O)C(=O)Nc2cc(Cl)ccc2Cl)n1. The molecule has 0 unspecified atom stereocenters. The molecular weight excluding hydrogens is 321 g/mol. The normalized spacial score (nSPS) is 10.2. The second-order valence-corrected chi connectivity index (χ2v) is 5.53. The second-order valence-electron chi connectivity index (χ2n) is 3.83. The standard InChI is InChI=1S/C12H9Cl2N3O2S/c1-6-5-20-12(15-6)17-11(19)10(18)16-9-4-7(13)2-3-8(9)14/h2-5H,1H3,(H,16,18)(H,15,17,19). The van der Waals surface area contributed by atoms with Crippen LogP contribution in [0.15, 0.2) is 23.6 Å². The predicted octanol–water partition coefficient (Wildman–Crippen LogP) is 3.34. The first-order valence-electron chi connectivity index (χ1n) is 5.45. The van der Waals surface area contributed by atoms with Crippen molar-refractivity contribution in [2.75, 3.05) is 10.6 Å². The van der Waals surface area contributed by atoms with E-state index >= 15 is 0 Å². The van der Waals surface area contributed by atoms with Crippen LogP contribution in [0.3, 0.4) is 0 Å². The molecule has 1 aromatic carbocycles. The van der Waals surface area contributed by atoms with E-state index in [-0.39, 0.29) is 5.69 Å². The molecule has 0 bridgehead atoms. The molecule has 104 valence electrons. The topological polar surface area (TPSA) is 71.1 Å². The molecule has 2 N–H and O–H groups in total. The number of rotatable bonds is 2. The Morgan fingerprint density at radius 2 is 1.90 bits per heavy atom. The van der Waals surface area contributed by atoms with E-state index in [2.05, 4.69) is 15.6 Å². The quantitative estimate of drug-likeness (QED) is 0.830. The number of nitrogens with zero attached hydrogens (tertiary/aromatic N) is 1. The minimum absolute atomic E-state index is 0.273. The van der Waals surface area contributed by atoms with E-state index in [0.717, 1.165) is 5.69 Å². The average molecular weight is 330 g/mol. The van der Waals surface area contributed by atoms with Crippen LogP contribution in [0.25, 0.3) is 0 Å². The molecule has 0 radical (unpaired) electrons. The van der Waals surface area contributed by atoms with E-state index in [1.807, 2.05) is 0 Å². The number of hydrogen-bond acceptors (Lipinski definition) is 4. The van der Waals surface area contributed by atoms with E-state index in [1.54, 1.807) is 18.4 Å². The Morgan fingerprint density at radius 3 is 2.55 bits per heavy atom. The number of carbonyl (C=O) groups excluding carboxylic acids is 2. The molecule has 0 aliphatic carbocycles. The monoisotopic (exact) mass is 329 g/mol. The van der Waals surface area contributed by atoms with Crippen LogP contribution in [0.1, 0.15) is 5.69 Å². The lowest BCUT2D eigenvalue weighted by molar-refractivity contribution is -0.132. The maximum Gasteiger partial charge on any atom is 0.315 e. The van der Waals surface area contributed by atoms with E-state index in [1.165, 1.54) is 23.5 Å². The molecule has 0 saturated carbocycles. The third-order valence-corrected chi connectivity index (χ3v) is 3.66. The smallest absolute Gasteiger partial charge is 0.315 e. The molecule has 2 aromatic rings. The first kappa shape index (κ1) is 14.8. The molecule has 20 heavy (non-hydrogen) atoms. The molecule has 0 aliphatic heterocycles. The Balaban J connectivity index is 2.04. The lowest BCUT2D eigenvalue weighted by Gasteiger charge is -2.07. The Hall–Kier alpha value is -1.63. The van der Waals surface area contributed by atoms with Crippen LogP contribution < -0.4 is 10.6 Å². The summed E-state index contributed by atoms with van der Waals surface area (Å²) in [5, 5.41) is 7.61. The Labute approximate surface area is 128 Å². The molecule has 0 saturated heterocycles. The Kier molecular flexibility index (Phi) is 4.59. The number of benzene rings is 1. The number of carbonyl (C=O) groups is 2. The van der Waals surface area contributed by atoms with Gasteiger partial charge in [0.05, 0.1) is 16.4 Å². The summed E-state index contributed by atoms with van der Waals surface area (Å²) in [5.74, 6) is -1.67. The molecule has 0 spiro atoms. The van der Waals surface area contributed by atoms with Crippen LogP contribution in [-0.4, -0.2) is 16.8 Å². The first-order chi connectivity index (χ1) is 9.45. The van der Waals surface area contributed by atoms with Gasteiger partial charge in [-0.05, 0) is 25.1 Å². The highest BCUT2D eigenvalue weighted by molar-refractivity contribution is 7.14. The summed E-state index contributed by atoms with van der Waals surface area (Å²) in [5.41, 5.74) is 1.04. The van der Waals surface area contributed by atoms with Gasteiger partial charge < -0.3 is 5.32 Å². The highest BCUT2D eigenvalue weighted by atomic mass is 35.5. The second kappa shape index (κ2) is 6.21. The average Bonchev–Trinajstić information content (AvgIpc) is 2.79. The molecule has 0 atom stereocenters. The van der Waals surface area contributed by atoms with Gasteiger partial charge in [-0.3, -0.25) is 14.9 Å². The van der Waals surface area contributed by atoms with Crippen molar-refractivity contribution in [1.82, 2.24) is 4.98 Å². The minimum atomic E-state index is -0.845. The predicted molar refractivity (Wildman–Crippen MR) is 80.6 cm³/mol. The number of halogens is 2. The molecular formula is C12H9Cl2N3O2S. The van der Waals surface area contributed by atoms with Crippen LogP contribution in [-0.2, 0) is 9.59 Å². The van der Waals surface area contributed by atoms with Crippen LogP contribution in [0.5, 0.6) is 0 Å². The van der Waals surface area contributed by atoms with Crippen molar-refractivity contribution < 1.29 is 9.59 Å².